The number of β-amino-alcohol motifs (C(OH)–C–C–N with tert-alkyl or cyclic N) is 1. The molecule has 2 fully saturated rings. The summed E-state index contributed by atoms with van der Waals surface area (Å²) in [6, 6.07) is 6.41. The Bertz CT molecular complexity index is 1340. The van der Waals surface area contributed by atoms with Gasteiger partial charge in [0.15, 0.2) is 0 Å². The van der Waals surface area contributed by atoms with Crippen molar-refractivity contribution in [2.45, 2.75) is 50.1 Å². The summed E-state index contributed by atoms with van der Waals surface area (Å²) < 4.78 is 14.0. The first kappa shape index (κ1) is 24.7. The van der Waals surface area contributed by atoms with Crippen molar-refractivity contribution in [3.63, 3.8) is 0 Å². The molecule has 1 N–H and O–H groups in total. The van der Waals surface area contributed by atoms with E-state index in [1.807, 2.05) is 42.5 Å². The Balaban J connectivity index is 1.42. The number of fused-ring (bicyclic) bond motifs is 3. The molecule has 38 heavy (non-hydrogen) atoms. The van der Waals surface area contributed by atoms with Crippen LogP contribution in [0.2, 0.25) is 0 Å². The van der Waals surface area contributed by atoms with Crippen LogP contribution in [0.1, 0.15) is 26.2 Å². The number of ether oxygens (including phenoxy) is 2. The molecule has 1 spiro atoms. The van der Waals surface area contributed by atoms with Gasteiger partial charge in [0.1, 0.15) is 29.7 Å². The van der Waals surface area contributed by atoms with Crippen molar-refractivity contribution in [2.24, 2.45) is 11.8 Å². The minimum absolute atomic E-state index is 0.0564. The molecular weight excluding hydrogens is 490 g/mol. The van der Waals surface area contributed by atoms with E-state index in [-0.39, 0.29) is 38.9 Å². The second kappa shape index (κ2) is 9.32. The van der Waals surface area contributed by atoms with Crippen molar-refractivity contribution in [2.75, 3.05) is 26.3 Å². The zero-order valence-electron chi connectivity index (χ0n) is 21.2. The van der Waals surface area contributed by atoms with Crippen LogP contribution < -0.4 is 0 Å². The van der Waals surface area contributed by atoms with Gasteiger partial charge in [-0.05, 0) is 38.3 Å². The van der Waals surface area contributed by atoms with Crippen LogP contribution >= 0.6 is 0 Å². The number of carbonyl (C=O) groups is 3. The molecule has 11 heteroatoms. The first-order valence-corrected chi connectivity index (χ1v) is 13.1. The predicted molar refractivity (Wildman–Crippen MR) is 134 cm³/mol. The van der Waals surface area contributed by atoms with Crippen molar-refractivity contribution in [1.29, 1.82) is 0 Å². The molecule has 1 unspecified atom stereocenters. The first-order chi connectivity index (χ1) is 18.4. The van der Waals surface area contributed by atoms with Crippen LogP contribution in [0.15, 0.2) is 48.6 Å². The second-order valence-corrected chi connectivity index (χ2v) is 10.5. The predicted octanol–water partition coefficient (Wildman–Crippen LogP) is 1.03. The van der Waals surface area contributed by atoms with E-state index in [0.717, 1.165) is 24.8 Å². The Morgan fingerprint density at radius 3 is 2.76 bits per heavy atom. The van der Waals surface area contributed by atoms with Gasteiger partial charge in [-0.25, -0.2) is 4.68 Å². The molecule has 5 heterocycles. The number of esters is 1. The smallest absolute Gasteiger partial charge is 0.313 e. The van der Waals surface area contributed by atoms with Gasteiger partial charge < -0.3 is 24.4 Å². The molecule has 2 aromatic rings. The summed E-state index contributed by atoms with van der Waals surface area (Å²) in [5, 5.41) is 18.2. The lowest BCUT2D eigenvalue weighted by Crippen LogP contribution is -2.56. The quantitative estimate of drug-likeness (QED) is 0.467. The fourth-order valence-electron chi connectivity index (χ4n) is 6.50. The summed E-state index contributed by atoms with van der Waals surface area (Å²) in [6.07, 6.45) is 9.81. The molecule has 1 aromatic carbocycles. The highest BCUT2D eigenvalue weighted by Gasteiger charge is 2.74. The Morgan fingerprint density at radius 2 is 1.92 bits per heavy atom. The maximum Gasteiger partial charge on any atom is 0.313 e. The van der Waals surface area contributed by atoms with Gasteiger partial charge in [-0.2, -0.15) is 0 Å². The second-order valence-electron chi connectivity index (χ2n) is 10.5. The maximum absolute atomic E-state index is 14.2. The van der Waals surface area contributed by atoms with Crippen molar-refractivity contribution >= 4 is 28.8 Å². The number of hydrogen-bond donors (Lipinski definition) is 1. The third-order valence-electron chi connectivity index (χ3n) is 8.15. The van der Waals surface area contributed by atoms with E-state index in [9.17, 15) is 19.5 Å². The molecule has 200 valence electrons. The molecule has 0 saturated carbocycles. The Hall–Kier alpha value is -3.57. The van der Waals surface area contributed by atoms with E-state index in [1.54, 1.807) is 22.6 Å². The number of allylic oxidation sites excluding steroid dienone is 1. The van der Waals surface area contributed by atoms with Gasteiger partial charge in [-0.1, -0.05) is 41.7 Å². The number of likely N-dealkylation sites (tertiary alicyclic amines) is 1. The van der Waals surface area contributed by atoms with Crippen LogP contribution in [0, 0.1) is 11.8 Å². The highest BCUT2D eigenvalue weighted by atomic mass is 16.6. The summed E-state index contributed by atoms with van der Waals surface area (Å²) in [4.78, 5) is 44.6. The number of para-hydroxylation sites is 1. The third-order valence-corrected chi connectivity index (χ3v) is 8.15. The Kier molecular flexibility index (Phi) is 6.07. The van der Waals surface area contributed by atoms with E-state index in [4.69, 9.17) is 9.47 Å². The SMILES string of the molecule is C[C@]12/C=C\CCCCOC(=O)[C@H]1[C@H]1C(=O)N(CCO)C3C(=O)N(Cn4nnc5ccccc54)CC=C[C@@]31O2. The summed E-state index contributed by atoms with van der Waals surface area (Å²) >= 11 is 0. The normalized spacial score (nSPS) is 34.1. The average molecular weight is 522 g/mol. The van der Waals surface area contributed by atoms with Crippen molar-refractivity contribution in [3.8, 4) is 0 Å². The van der Waals surface area contributed by atoms with Crippen molar-refractivity contribution in [3.05, 3.63) is 48.6 Å². The van der Waals surface area contributed by atoms with Crippen LogP contribution in [-0.4, -0.2) is 91.2 Å². The number of hydrogen-bond acceptors (Lipinski definition) is 8. The van der Waals surface area contributed by atoms with E-state index in [0.29, 0.717) is 5.52 Å². The minimum atomic E-state index is -1.39. The Morgan fingerprint density at radius 1 is 1.08 bits per heavy atom. The number of amides is 2. The minimum Gasteiger partial charge on any atom is -0.465 e. The molecule has 5 atom stereocenters. The van der Waals surface area contributed by atoms with Crippen LogP contribution in [0.25, 0.3) is 11.0 Å². The molecule has 11 nitrogen and oxygen atoms in total. The monoisotopic (exact) mass is 521 g/mol. The summed E-state index contributed by atoms with van der Waals surface area (Å²) in [5.41, 5.74) is -1.04. The zero-order valence-corrected chi connectivity index (χ0v) is 21.2. The standard InChI is InChI=1S/C27H31N5O6/c1-26-11-6-2-3-7-16-37-25(36)21(26)20-23(34)31(14-15-33)22-24(35)30(13-8-12-27(20,22)38-26)17-32-19-10-5-4-9-18(19)28-29-32/h4-6,8-12,20-22,33H,2-3,7,13-17H2,1H3/b11-6-/t20-,21+,22?,26-,27-/m0/s1. The molecule has 0 aliphatic carbocycles. The van der Waals surface area contributed by atoms with E-state index < -0.39 is 41.0 Å². The maximum atomic E-state index is 14.2. The fraction of sp³-hybridized carbons (Fsp3) is 0.519. The molecule has 6 rings (SSSR count). The number of aliphatic hydroxyl groups is 1. The van der Waals surface area contributed by atoms with E-state index >= 15 is 0 Å². The number of rotatable bonds is 4. The van der Waals surface area contributed by atoms with Gasteiger partial charge in [-0.3, -0.25) is 14.4 Å². The molecule has 2 amide bonds. The average Bonchev–Trinajstić information content (AvgIpc) is 3.46. The molecular formula is C27H31N5O6. The number of nitrogens with zero attached hydrogens (tertiary/aromatic N) is 5. The molecule has 4 aliphatic heterocycles. The van der Waals surface area contributed by atoms with E-state index in [2.05, 4.69) is 10.3 Å². The van der Waals surface area contributed by atoms with Crippen molar-refractivity contribution in [1.82, 2.24) is 24.8 Å². The van der Waals surface area contributed by atoms with Crippen LogP contribution in [-0.2, 0) is 30.5 Å². The van der Waals surface area contributed by atoms with E-state index in [1.165, 1.54) is 4.90 Å². The van der Waals surface area contributed by atoms with Gasteiger partial charge in [0.05, 0.1) is 30.2 Å². The van der Waals surface area contributed by atoms with Crippen molar-refractivity contribution < 1.29 is 29.0 Å². The summed E-state index contributed by atoms with van der Waals surface area (Å²) in [6.45, 7) is 2.04. The first-order valence-electron chi connectivity index (χ1n) is 13.1. The van der Waals surface area contributed by atoms with Crippen LogP contribution in [0.3, 0.4) is 0 Å². The topological polar surface area (TPSA) is 127 Å². The van der Waals surface area contributed by atoms with Gasteiger partial charge >= 0.3 is 5.97 Å². The van der Waals surface area contributed by atoms with Gasteiger partial charge in [0.2, 0.25) is 5.91 Å². The number of aromatic nitrogens is 3. The summed E-state index contributed by atoms with van der Waals surface area (Å²) in [7, 11) is 0. The lowest BCUT2D eigenvalue weighted by Gasteiger charge is -2.37. The van der Waals surface area contributed by atoms with Gasteiger partial charge in [0, 0.05) is 13.1 Å². The largest absolute Gasteiger partial charge is 0.465 e. The van der Waals surface area contributed by atoms with Crippen LogP contribution in [0.4, 0.5) is 0 Å². The number of aliphatic hydroxyl groups excluding tert-OH is 1. The number of carbonyl (C=O) groups excluding carboxylic acids is 3. The van der Waals surface area contributed by atoms with Gasteiger partial charge in [0.25, 0.3) is 5.91 Å². The highest BCUT2D eigenvalue weighted by molar-refractivity contribution is 5.99. The summed E-state index contributed by atoms with van der Waals surface area (Å²) in [5.74, 6) is -3.14. The molecule has 1 aromatic heterocycles. The zero-order chi connectivity index (χ0) is 26.5. The third kappa shape index (κ3) is 3.67. The fourth-order valence-corrected chi connectivity index (χ4v) is 6.50. The number of cyclic esters (lactones) is 1. The van der Waals surface area contributed by atoms with Gasteiger partial charge in [-0.15, -0.1) is 5.10 Å². The highest BCUT2D eigenvalue weighted by Crippen LogP contribution is 2.57. The van der Waals surface area contributed by atoms with Crippen LogP contribution in [0.5, 0.6) is 0 Å². The Labute approximate surface area is 219 Å². The molecule has 2 saturated heterocycles. The lowest BCUT2D eigenvalue weighted by molar-refractivity contribution is -0.160. The molecule has 0 bridgehead atoms. The number of benzene rings is 1. The lowest BCUT2D eigenvalue weighted by atomic mass is 9.74. The molecule has 0 radical (unpaired) electrons. The molecule has 4 aliphatic rings.